The fourth-order valence-electron chi connectivity index (χ4n) is 3.06. The van der Waals surface area contributed by atoms with Crippen LogP contribution in [0.1, 0.15) is 84.0 Å². The van der Waals surface area contributed by atoms with Crippen molar-refractivity contribution in [2.75, 3.05) is 32.7 Å². The second-order valence-corrected chi connectivity index (χ2v) is 6.67. The van der Waals surface area contributed by atoms with Crippen molar-refractivity contribution < 1.29 is 0 Å². The van der Waals surface area contributed by atoms with Crippen LogP contribution >= 0.6 is 0 Å². The zero-order chi connectivity index (χ0) is 17.0. The summed E-state index contributed by atoms with van der Waals surface area (Å²) in [7, 11) is 0. The van der Waals surface area contributed by atoms with Crippen LogP contribution in [0.15, 0.2) is 12.2 Å². The molecule has 0 fully saturated rings. The second kappa shape index (κ2) is 19.7. The molecule has 0 aliphatic heterocycles. The summed E-state index contributed by atoms with van der Waals surface area (Å²) in [5.74, 6) is 0. The zero-order valence-corrected chi connectivity index (χ0v) is 15.8. The predicted molar refractivity (Wildman–Crippen MR) is 105 cm³/mol. The van der Waals surface area contributed by atoms with Crippen molar-refractivity contribution in [2.24, 2.45) is 11.5 Å². The number of nitrogens with two attached hydrogens (primary N) is 2. The van der Waals surface area contributed by atoms with Gasteiger partial charge in [0.05, 0.1) is 0 Å². The lowest BCUT2D eigenvalue weighted by Gasteiger charge is -2.20. The van der Waals surface area contributed by atoms with Crippen LogP contribution in [0.3, 0.4) is 0 Å². The highest BCUT2D eigenvalue weighted by molar-refractivity contribution is 4.76. The molecule has 0 aromatic rings. The molecule has 0 aromatic heterocycles. The van der Waals surface area contributed by atoms with Gasteiger partial charge in [-0.25, -0.2) is 0 Å². The van der Waals surface area contributed by atoms with E-state index in [1.54, 1.807) is 0 Å². The molecule has 3 heteroatoms. The van der Waals surface area contributed by atoms with Crippen LogP contribution < -0.4 is 11.5 Å². The molecule has 3 nitrogen and oxygen atoms in total. The molecular formula is C20H43N3. The Morgan fingerprint density at radius 3 is 1.48 bits per heavy atom. The van der Waals surface area contributed by atoms with Crippen molar-refractivity contribution in [1.82, 2.24) is 4.90 Å². The molecule has 4 N–H and O–H groups in total. The molecule has 0 amide bonds. The third kappa shape index (κ3) is 17.8. The molecule has 23 heavy (non-hydrogen) atoms. The maximum absolute atomic E-state index is 5.62. The fourth-order valence-corrected chi connectivity index (χ4v) is 3.06. The zero-order valence-electron chi connectivity index (χ0n) is 15.8. The Bertz CT molecular complexity index is 235. The van der Waals surface area contributed by atoms with Gasteiger partial charge in [0, 0.05) is 26.2 Å². The van der Waals surface area contributed by atoms with Gasteiger partial charge in [0.25, 0.3) is 0 Å². The van der Waals surface area contributed by atoms with Gasteiger partial charge >= 0.3 is 0 Å². The van der Waals surface area contributed by atoms with Crippen molar-refractivity contribution in [2.45, 2.75) is 84.0 Å². The highest BCUT2D eigenvalue weighted by Crippen LogP contribution is 2.12. The van der Waals surface area contributed by atoms with E-state index < -0.39 is 0 Å². The third-order valence-electron chi connectivity index (χ3n) is 4.47. The molecule has 0 atom stereocenters. The molecular weight excluding hydrogens is 282 g/mol. The Balaban J connectivity index is 3.18. The number of nitrogens with zero attached hydrogens (tertiary/aromatic N) is 1. The van der Waals surface area contributed by atoms with E-state index >= 15 is 0 Å². The molecule has 0 rings (SSSR count). The van der Waals surface area contributed by atoms with Gasteiger partial charge in [0.1, 0.15) is 0 Å². The monoisotopic (exact) mass is 325 g/mol. The smallest absolute Gasteiger partial charge is 0.0105 e. The fraction of sp³-hybridized carbons (Fsp3) is 0.900. The highest BCUT2D eigenvalue weighted by atomic mass is 15.1. The third-order valence-corrected chi connectivity index (χ3v) is 4.47. The molecule has 0 unspecified atom stereocenters. The summed E-state index contributed by atoms with van der Waals surface area (Å²) < 4.78 is 0. The van der Waals surface area contributed by atoms with Crippen molar-refractivity contribution in [3.05, 3.63) is 12.2 Å². The van der Waals surface area contributed by atoms with Gasteiger partial charge in [0.2, 0.25) is 0 Å². The van der Waals surface area contributed by atoms with Crippen molar-refractivity contribution >= 4 is 0 Å². The first-order valence-corrected chi connectivity index (χ1v) is 10.1. The number of hydrogen-bond donors (Lipinski definition) is 2. The van der Waals surface area contributed by atoms with Gasteiger partial charge in [-0.2, -0.15) is 0 Å². The number of rotatable bonds is 18. The van der Waals surface area contributed by atoms with Crippen LogP contribution in [-0.2, 0) is 0 Å². The SMILES string of the molecule is C/C=C/CCCCCCCCCCCCCN(CCN)CCN. The summed E-state index contributed by atoms with van der Waals surface area (Å²) in [5.41, 5.74) is 11.2. The second-order valence-electron chi connectivity index (χ2n) is 6.67. The summed E-state index contributed by atoms with van der Waals surface area (Å²) in [4.78, 5) is 2.40. The summed E-state index contributed by atoms with van der Waals surface area (Å²) in [6.45, 7) is 6.75. The maximum Gasteiger partial charge on any atom is 0.0105 e. The van der Waals surface area contributed by atoms with E-state index in [0.29, 0.717) is 0 Å². The molecule has 138 valence electrons. The molecule has 0 aliphatic carbocycles. The summed E-state index contributed by atoms with van der Waals surface area (Å²) in [5, 5.41) is 0. The van der Waals surface area contributed by atoms with Crippen LogP contribution in [0, 0.1) is 0 Å². The standard InChI is InChI=1S/C20H43N3/c1-2-3-4-5-6-7-8-9-10-11-12-13-14-15-18-23(19-16-21)20-17-22/h2-3H,4-22H2,1H3/b3-2+. The molecule has 0 radical (unpaired) electrons. The van der Waals surface area contributed by atoms with Gasteiger partial charge in [-0.1, -0.05) is 69.9 Å². The first-order valence-electron chi connectivity index (χ1n) is 10.1. The van der Waals surface area contributed by atoms with Crippen molar-refractivity contribution in [3.63, 3.8) is 0 Å². The van der Waals surface area contributed by atoms with Crippen LogP contribution in [0.25, 0.3) is 0 Å². The van der Waals surface area contributed by atoms with Gasteiger partial charge in [-0.05, 0) is 32.7 Å². The van der Waals surface area contributed by atoms with E-state index in [1.165, 1.54) is 83.6 Å². The molecule has 0 saturated heterocycles. The molecule has 0 bridgehead atoms. The van der Waals surface area contributed by atoms with Crippen LogP contribution in [0.4, 0.5) is 0 Å². The Kier molecular flexibility index (Phi) is 19.3. The number of unbranched alkanes of at least 4 members (excludes halogenated alkanes) is 11. The van der Waals surface area contributed by atoms with E-state index in [4.69, 9.17) is 11.5 Å². The molecule has 0 saturated carbocycles. The minimum Gasteiger partial charge on any atom is -0.329 e. The quantitative estimate of drug-likeness (QED) is 0.289. The first-order chi connectivity index (χ1) is 11.3. The first kappa shape index (κ1) is 22.6. The normalized spacial score (nSPS) is 11.8. The minimum atomic E-state index is 0.745. The summed E-state index contributed by atoms with van der Waals surface area (Å²) in [6.07, 6.45) is 21.1. The molecule has 0 heterocycles. The average Bonchev–Trinajstić information content (AvgIpc) is 2.55. The maximum atomic E-state index is 5.62. The molecule has 0 aliphatic rings. The van der Waals surface area contributed by atoms with Gasteiger partial charge < -0.3 is 16.4 Å². The summed E-state index contributed by atoms with van der Waals surface area (Å²) >= 11 is 0. The summed E-state index contributed by atoms with van der Waals surface area (Å²) in [6, 6.07) is 0. The molecule has 0 aromatic carbocycles. The molecule has 0 spiro atoms. The minimum absolute atomic E-state index is 0.745. The van der Waals surface area contributed by atoms with E-state index in [-0.39, 0.29) is 0 Å². The number of hydrogen-bond acceptors (Lipinski definition) is 3. The largest absolute Gasteiger partial charge is 0.329 e. The Hall–Kier alpha value is -0.380. The predicted octanol–water partition coefficient (Wildman–Crippen LogP) is 4.46. The highest BCUT2D eigenvalue weighted by Gasteiger charge is 2.01. The van der Waals surface area contributed by atoms with Crippen LogP contribution in [0.2, 0.25) is 0 Å². The van der Waals surface area contributed by atoms with E-state index in [9.17, 15) is 0 Å². The van der Waals surface area contributed by atoms with E-state index in [2.05, 4.69) is 24.0 Å². The van der Waals surface area contributed by atoms with E-state index in [0.717, 1.165) is 26.2 Å². The van der Waals surface area contributed by atoms with E-state index in [1.807, 2.05) is 0 Å². The van der Waals surface area contributed by atoms with Gasteiger partial charge in [0.15, 0.2) is 0 Å². The van der Waals surface area contributed by atoms with Gasteiger partial charge in [-0.15, -0.1) is 0 Å². The van der Waals surface area contributed by atoms with Gasteiger partial charge in [-0.3, -0.25) is 0 Å². The Labute approximate surface area is 145 Å². The average molecular weight is 326 g/mol. The topological polar surface area (TPSA) is 55.3 Å². The Morgan fingerprint density at radius 1 is 0.609 bits per heavy atom. The number of allylic oxidation sites excluding steroid dienone is 2. The van der Waals surface area contributed by atoms with Crippen molar-refractivity contribution in [3.8, 4) is 0 Å². The van der Waals surface area contributed by atoms with Crippen molar-refractivity contribution in [1.29, 1.82) is 0 Å². The van der Waals surface area contributed by atoms with Crippen LogP contribution in [0.5, 0.6) is 0 Å². The lowest BCUT2D eigenvalue weighted by Crippen LogP contribution is -2.34. The lowest BCUT2D eigenvalue weighted by atomic mass is 10.0. The Morgan fingerprint density at radius 2 is 1.04 bits per heavy atom. The van der Waals surface area contributed by atoms with Crippen LogP contribution in [-0.4, -0.2) is 37.6 Å². The lowest BCUT2D eigenvalue weighted by molar-refractivity contribution is 0.281.